The van der Waals surface area contributed by atoms with Gasteiger partial charge in [-0.15, -0.1) is 0 Å². The molecule has 4 N–H and O–H groups in total. The number of anilines is 1. The van der Waals surface area contributed by atoms with Gasteiger partial charge in [-0.3, -0.25) is 4.79 Å². The average Bonchev–Trinajstić information content (AvgIpc) is 2.27. The highest BCUT2D eigenvalue weighted by atomic mass is 16.4. The maximum atomic E-state index is 11.6. The topological polar surface area (TPSA) is 96.2 Å². The van der Waals surface area contributed by atoms with E-state index >= 15 is 0 Å². The monoisotopic (exact) mass is 244 g/mol. The van der Waals surface area contributed by atoms with Gasteiger partial charge in [0.05, 0.1) is 0 Å². The molecule has 0 spiro atoms. The molecule has 0 aliphatic rings. The summed E-state index contributed by atoms with van der Waals surface area (Å²) in [6, 6.07) is 8.70. The number of nitrogens with two attached hydrogens (primary N) is 1. The van der Waals surface area contributed by atoms with E-state index in [0.29, 0.717) is 11.1 Å². The van der Waals surface area contributed by atoms with Crippen LogP contribution in [0.15, 0.2) is 35.1 Å². The Bertz CT molecular complexity index is 674. The van der Waals surface area contributed by atoms with Crippen molar-refractivity contribution >= 4 is 11.8 Å². The van der Waals surface area contributed by atoms with Crippen LogP contribution >= 0.6 is 0 Å². The van der Waals surface area contributed by atoms with Gasteiger partial charge in [-0.05, 0) is 18.6 Å². The van der Waals surface area contributed by atoms with Crippen molar-refractivity contribution in [2.24, 2.45) is 0 Å². The van der Waals surface area contributed by atoms with Crippen LogP contribution in [0.2, 0.25) is 0 Å². The molecule has 0 atom stereocenters. The van der Waals surface area contributed by atoms with Crippen LogP contribution in [-0.4, -0.2) is 16.1 Å². The van der Waals surface area contributed by atoms with Crippen molar-refractivity contribution < 1.29 is 9.90 Å². The highest BCUT2D eigenvalue weighted by Gasteiger charge is 2.17. The van der Waals surface area contributed by atoms with E-state index < -0.39 is 11.5 Å². The molecule has 0 radical (unpaired) electrons. The molecule has 2 aromatic rings. The summed E-state index contributed by atoms with van der Waals surface area (Å²) in [5, 5.41) is 9.11. The predicted molar refractivity (Wildman–Crippen MR) is 68.6 cm³/mol. The lowest BCUT2D eigenvalue weighted by molar-refractivity contribution is 0.0696. The van der Waals surface area contributed by atoms with Crippen molar-refractivity contribution in [1.29, 1.82) is 0 Å². The number of pyridine rings is 1. The molecule has 92 valence electrons. The van der Waals surface area contributed by atoms with E-state index in [1.54, 1.807) is 18.2 Å². The Balaban J connectivity index is 2.78. The number of aromatic amines is 1. The first kappa shape index (κ1) is 11.9. The van der Waals surface area contributed by atoms with Crippen LogP contribution in [0.1, 0.15) is 15.9 Å². The third kappa shape index (κ3) is 2.10. The van der Waals surface area contributed by atoms with Gasteiger partial charge in [0.25, 0.3) is 5.56 Å². The van der Waals surface area contributed by atoms with Crippen LogP contribution in [0.3, 0.4) is 0 Å². The number of nitrogens with one attached hydrogen (secondary N) is 1. The van der Waals surface area contributed by atoms with Crippen LogP contribution in [0.25, 0.3) is 11.1 Å². The van der Waals surface area contributed by atoms with Crippen LogP contribution in [-0.2, 0) is 0 Å². The third-order valence-corrected chi connectivity index (χ3v) is 2.60. The van der Waals surface area contributed by atoms with E-state index in [4.69, 9.17) is 10.8 Å². The number of aryl methyl sites for hydroxylation is 1. The minimum absolute atomic E-state index is 0.140. The average molecular weight is 244 g/mol. The number of hydrogen-bond donors (Lipinski definition) is 3. The summed E-state index contributed by atoms with van der Waals surface area (Å²) in [5.74, 6) is -1.13. The van der Waals surface area contributed by atoms with Gasteiger partial charge < -0.3 is 15.8 Å². The van der Waals surface area contributed by atoms with Crippen LogP contribution < -0.4 is 11.3 Å². The zero-order chi connectivity index (χ0) is 13.3. The molecular formula is C13H12N2O3. The van der Waals surface area contributed by atoms with E-state index in [2.05, 4.69) is 4.98 Å². The number of aromatic carboxylic acids is 1. The zero-order valence-corrected chi connectivity index (χ0v) is 9.73. The van der Waals surface area contributed by atoms with Gasteiger partial charge in [0.15, 0.2) is 0 Å². The van der Waals surface area contributed by atoms with Crippen LogP contribution in [0.5, 0.6) is 0 Å². The predicted octanol–water partition coefficient (Wildman–Crippen LogP) is 1.63. The van der Waals surface area contributed by atoms with Crippen molar-refractivity contribution in [3.63, 3.8) is 0 Å². The molecule has 1 heterocycles. The van der Waals surface area contributed by atoms with E-state index in [0.717, 1.165) is 5.56 Å². The number of benzene rings is 1. The molecule has 5 nitrogen and oxygen atoms in total. The molecule has 0 bridgehead atoms. The Morgan fingerprint density at radius 2 is 2.06 bits per heavy atom. The van der Waals surface area contributed by atoms with E-state index in [-0.39, 0.29) is 11.4 Å². The summed E-state index contributed by atoms with van der Waals surface area (Å²) >= 11 is 0. The first-order valence-electron chi connectivity index (χ1n) is 5.32. The van der Waals surface area contributed by atoms with Crippen molar-refractivity contribution in [2.75, 3.05) is 5.73 Å². The molecular weight excluding hydrogens is 232 g/mol. The fraction of sp³-hybridized carbons (Fsp3) is 0.0769. The highest BCUT2D eigenvalue weighted by Crippen LogP contribution is 2.23. The van der Waals surface area contributed by atoms with Gasteiger partial charge in [-0.1, -0.05) is 29.8 Å². The number of carboxylic acids is 1. The molecule has 0 amide bonds. The lowest BCUT2D eigenvalue weighted by atomic mass is 10.00. The fourth-order valence-electron chi connectivity index (χ4n) is 1.83. The number of carbonyl (C=O) groups is 1. The normalized spacial score (nSPS) is 10.3. The first-order chi connectivity index (χ1) is 8.49. The third-order valence-electron chi connectivity index (χ3n) is 2.60. The summed E-state index contributed by atoms with van der Waals surface area (Å²) in [7, 11) is 0. The quantitative estimate of drug-likeness (QED) is 0.748. The van der Waals surface area contributed by atoms with E-state index in [9.17, 15) is 9.59 Å². The van der Waals surface area contributed by atoms with Crippen molar-refractivity contribution in [3.05, 3.63) is 51.8 Å². The number of nitrogen functional groups attached to an aromatic ring is 1. The van der Waals surface area contributed by atoms with E-state index in [1.807, 2.05) is 13.0 Å². The Morgan fingerprint density at radius 3 is 2.67 bits per heavy atom. The summed E-state index contributed by atoms with van der Waals surface area (Å²) in [6.45, 7) is 1.89. The molecule has 18 heavy (non-hydrogen) atoms. The number of H-pyrrole nitrogens is 1. The molecule has 0 aliphatic heterocycles. The Morgan fingerprint density at radius 1 is 1.33 bits per heavy atom. The van der Waals surface area contributed by atoms with Gasteiger partial charge in [-0.25, -0.2) is 4.79 Å². The second-order valence-corrected chi connectivity index (χ2v) is 4.02. The van der Waals surface area contributed by atoms with Gasteiger partial charge in [0.1, 0.15) is 11.4 Å². The number of rotatable bonds is 2. The lowest BCUT2D eigenvalue weighted by Crippen LogP contribution is -2.20. The van der Waals surface area contributed by atoms with Gasteiger partial charge in [0.2, 0.25) is 0 Å². The molecule has 0 saturated carbocycles. The second kappa shape index (κ2) is 4.37. The zero-order valence-electron chi connectivity index (χ0n) is 9.73. The fourth-order valence-corrected chi connectivity index (χ4v) is 1.83. The van der Waals surface area contributed by atoms with Crippen molar-refractivity contribution in [2.45, 2.75) is 6.92 Å². The van der Waals surface area contributed by atoms with Gasteiger partial charge >= 0.3 is 5.97 Å². The summed E-state index contributed by atoms with van der Waals surface area (Å²) < 4.78 is 0. The maximum Gasteiger partial charge on any atom is 0.341 e. The van der Waals surface area contributed by atoms with Crippen LogP contribution in [0.4, 0.5) is 5.82 Å². The molecule has 1 aromatic carbocycles. The number of carboxylic acid groups (broad SMARTS) is 1. The molecule has 5 heteroatoms. The Labute approximate surface area is 103 Å². The first-order valence-corrected chi connectivity index (χ1v) is 5.32. The van der Waals surface area contributed by atoms with Crippen LogP contribution in [0, 0.1) is 6.92 Å². The van der Waals surface area contributed by atoms with Crippen molar-refractivity contribution in [1.82, 2.24) is 4.98 Å². The molecule has 0 fully saturated rings. The van der Waals surface area contributed by atoms with E-state index in [1.165, 1.54) is 6.07 Å². The Kier molecular flexibility index (Phi) is 2.89. The maximum absolute atomic E-state index is 11.6. The molecule has 0 aliphatic carbocycles. The standard InChI is InChI=1S/C13H12N2O3/c1-7-3-2-4-8(5-7)9-6-10(14)15-12(16)11(9)13(17)18/h2-6H,1H3,(H,17,18)(H3,14,15,16). The smallest absolute Gasteiger partial charge is 0.341 e. The van der Waals surface area contributed by atoms with Gasteiger partial charge in [-0.2, -0.15) is 0 Å². The highest BCUT2D eigenvalue weighted by molar-refractivity contribution is 5.96. The number of aromatic nitrogens is 1. The number of hydrogen-bond acceptors (Lipinski definition) is 3. The summed E-state index contributed by atoms with van der Waals surface area (Å²) in [4.78, 5) is 25.1. The largest absolute Gasteiger partial charge is 0.477 e. The minimum Gasteiger partial charge on any atom is -0.477 e. The Hall–Kier alpha value is -2.56. The van der Waals surface area contributed by atoms with Gasteiger partial charge in [0, 0.05) is 5.56 Å². The molecule has 0 unspecified atom stereocenters. The molecule has 1 aromatic heterocycles. The lowest BCUT2D eigenvalue weighted by Gasteiger charge is -2.07. The summed E-state index contributed by atoms with van der Waals surface area (Å²) in [6.07, 6.45) is 0. The molecule has 2 rings (SSSR count). The SMILES string of the molecule is Cc1cccc(-c2cc(N)[nH]c(=O)c2C(=O)O)c1. The van der Waals surface area contributed by atoms with Crippen molar-refractivity contribution in [3.8, 4) is 11.1 Å². The molecule has 0 saturated heterocycles. The minimum atomic E-state index is -1.27. The summed E-state index contributed by atoms with van der Waals surface area (Å²) in [5.41, 5.74) is 6.52. The second-order valence-electron chi connectivity index (χ2n) is 4.02.